The first kappa shape index (κ1) is 11.7. The van der Waals surface area contributed by atoms with Crippen molar-refractivity contribution in [2.45, 2.75) is 26.2 Å². The van der Waals surface area contributed by atoms with E-state index in [9.17, 15) is 9.90 Å². The second kappa shape index (κ2) is 5.04. The first-order valence-corrected chi connectivity index (χ1v) is 6.02. The van der Waals surface area contributed by atoms with Crippen LogP contribution in [0.3, 0.4) is 0 Å². The molecule has 1 N–H and O–H groups in total. The van der Waals surface area contributed by atoms with Crippen LogP contribution >= 0.6 is 0 Å². The number of anilines is 1. The van der Waals surface area contributed by atoms with E-state index in [0.29, 0.717) is 12.0 Å². The van der Waals surface area contributed by atoms with Crippen LogP contribution in [0.4, 0.5) is 5.69 Å². The van der Waals surface area contributed by atoms with Gasteiger partial charge in [-0.05, 0) is 38.3 Å². The Morgan fingerprint density at radius 3 is 2.59 bits per heavy atom. The van der Waals surface area contributed by atoms with Gasteiger partial charge < -0.3 is 10.0 Å². The van der Waals surface area contributed by atoms with Gasteiger partial charge in [-0.2, -0.15) is 0 Å². The summed E-state index contributed by atoms with van der Waals surface area (Å²) in [6.45, 7) is 2.86. The zero-order valence-corrected chi connectivity index (χ0v) is 10.0. The van der Waals surface area contributed by atoms with E-state index in [-0.39, 0.29) is 0 Å². The normalized spacial score (nSPS) is 15.1. The number of benzene rings is 1. The van der Waals surface area contributed by atoms with Crippen molar-refractivity contribution in [2.75, 3.05) is 11.4 Å². The molecule has 0 heterocycles. The number of carboxylic acids is 1. The predicted molar refractivity (Wildman–Crippen MR) is 68.0 cm³/mol. The third-order valence-electron chi connectivity index (χ3n) is 3.16. The van der Waals surface area contributed by atoms with Gasteiger partial charge in [-0.1, -0.05) is 18.2 Å². The van der Waals surface area contributed by atoms with Crippen molar-refractivity contribution in [3.05, 3.63) is 41.6 Å². The van der Waals surface area contributed by atoms with Gasteiger partial charge in [0.25, 0.3) is 0 Å². The third kappa shape index (κ3) is 2.33. The molecule has 0 unspecified atom stereocenters. The maximum Gasteiger partial charge on any atom is 0.333 e. The van der Waals surface area contributed by atoms with Gasteiger partial charge in [0.15, 0.2) is 0 Å². The number of allylic oxidation sites excluding steroid dienone is 1. The van der Waals surface area contributed by atoms with Gasteiger partial charge in [-0.3, -0.25) is 0 Å². The Hall–Kier alpha value is -1.77. The smallest absolute Gasteiger partial charge is 0.333 e. The van der Waals surface area contributed by atoms with Crippen LogP contribution in [-0.2, 0) is 4.79 Å². The van der Waals surface area contributed by atoms with Gasteiger partial charge in [-0.25, -0.2) is 4.79 Å². The Labute approximate surface area is 101 Å². The lowest BCUT2D eigenvalue weighted by molar-refractivity contribution is -0.132. The number of para-hydroxylation sites is 1. The molecule has 0 radical (unpaired) electrons. The molecule has 90 valence electrons. The molecule has 0 bridgehead atoms. The van der Waals surface area contributed by atoms with Gasteiger partial charge >= 0.3 is 5.97 Å². The zero-order chi connectivity index (χ0) is 12.3. The first-order chi connectivity index (χ1) is 8.24. The average Bonchev–Trinajstić information content (AvgIpc) is 2.81. The Kier molecular flexibility index (Phi) is 3.47. The molecule has 0 fully saturated rings. The number of hydrogen-bond acceptors (Lipinski definition) is 2. The van der Waals surface area contributed by atoms with E-state index in [0.717, 1.165) is 30.8 Å². The summed E-state index contributed by atoms with van der Waals surface area (Å²) in [5.74, 6) is -0.771. The standard InChI is InChI=1S/C14H17NO2/c1-2-15(11-7-4-3-5-8-11)13-10-6-9-12(13)14(16)17/h3-5,7-8H,2,6,9-10H2,1H3,(H,16,17). The molecule has 0 spiro atoms. The molecular weight excluding hydrogens is 214 g/mol. The minimum absolute atomic E-state index is 0.579. The van der Waals surface area contributed by atoms with Crippen LogP contribution < -0.4 is 4.90 Å². The Balaban J connectivity index is 2.37. The van der Waals surface area contributed by atoms with E-state index >= 15 is 0 Å². The Morgan fingerprint density at radius 2 is 2.00 bits per heavy atom. The fourth-order valence-corrected chi connectivity index (χ4v) is 2.39. The van der Waals surface area contributed by atoms with E-state index in [4.69, 9.17) is 0 Å². The highest BCUT2D eigenvalue weighted by molar-refractivity contribution is 5.89. The SMILES string of the molecule is CCN(C1=C(C(=O)O)CCC1)c1ccccc1. The zero-order valence-electron chi connectivity index (χ0n) is 10.0. The van der Waals surface area contributed by atoms with Crippen LogP contribution in [0.5, 0.6) is 0 Å². The largest absolute Gasteiger partial charge is 0.478 e. The molecule has 1 aromatic rings. The van der Waals surface area contributed by atoms with E-state index < -0.39 is 5.97 Å². The minimum Gasteiger partial charge on any atom is -0.478 e. The molecule has 17 heavy (non-hydrogen) atoms. The molecular formula is C14H17NO2. The molecule has 0 saturated carbocycles. The number of hydrogen-bond donors (Lipinski definition) is 1. The monoisotopic (exact) mass is 231 g/mol. The summed E-state index contributed by atoms with van der Waals surface area (Å²) in [4.78, 5) is 13.3. The summed E-state index contributed by atoms with van der Waals surface area (Å²) in [6.07, 6.45) is 2.50. The third-order valence-corrected chi connectivity index (χ3v) is 3.16. The summed E-state index contributed by atoms with van der Waals surface area (Å²) in [7, 11) is 0. The fourth-order valence-electron chi connectivity index (χ4n) is 2.39. The molecule has 1 aromatic carbocycles. The van der Waals surface area contributed by atoms with Crippen LogP contribution in [0.1, 0.15) is 26.2 Å². The van der Waals surface area contributed by atoms with Gasteiger partial charge in [0.2, 0.25) is 0 Å². The molecule has 2 rings (SSSR count). The van der Waals surface area contributed by atoms with Crippen LogP contribution in [0.25, 0.3) is 0 Å². The molecule has 0 aromatic heterocycles. The average molecular weight is 231 g/mol. The number of rotatable bonds is 4. The summed E-state index contributed by atoms with van der Waals surface area (Å²) >= 11 is 0. The maximum atomic E-state index is 11.2. The van der Waals surface area contributed by atoms with E-state index in [1.165, 1.54) is 0 Å². The van der Waals surface area contributed by atoms with E-state index in [1.54, 1.807) is 0 Å². The van der Waals surface area contributed by atoms with Crippen molar-refractivity contribution in [3.8, 4) is 0 Å². The van der Waals surface area contributed by atoms with Crippen molar-refractivity contribution in [1.29, 1.82) is 0 Å². The highest BCUT2D eigenvalue weighted by Crippen LogP contribution is 2.32. The van der Waals surface area contributed by atoms with Crippen LogP contribution in [0.15, 0.2) is 41.6 Å². The summed E-state index contributed by atoms with van der Waals surface area (Å²) < 4.78 is 0. The van der Waals surface area contributed by atoms with Gasteiger partial charge in [-0.15, -0.1) is 0 Å². The number of nitrogens with zero attached hydrogens (tertiary/aromatic N) is 1. The molecule has 0 aliphatic heterocycles. The Morgan fingerprint density at radius 1 is 1.29 bits per heavy atom. The highest BCUT2D eigenvalue weighted by atomic mass is 16.4. The van der Waals surface area contributed by atoms with Crippen molar-refractivity contribution >= 4 is 11.7 Å². The van der Waals surface area contributed by atoms with E-state index in [1.807, 2.05) is 30.3 Å². The van der Waals surface area contributed by atoms with Crippen LogP contribution in [0, 0.1) is 0 Å². The second-order valence-corrected chi connectivity index (χ2v) is 4.16. The van der Waals surface area contributed by atoms with Gasteiger partial charge in [0, 0.05) is 17.9 Å². The molecule has 0 saturated heterocycles. The molecule has 1 aliphatic rings. The highest BCUT2D eigenvalue weighted by Gasteiger charge is 2.24. The lowest BCUT2D eigenvalue weighted by Gasteiger charge is -2.25. The minimum atomic E-state index is -0.771. The summed E-state index contributed by atoms with van der Waals surface area (Å²) in [5.41, 5.74) is 2.63. The van der Waals surface area contributed by atoms with Crippen molar-refractivity contribution in [1.82, 2.24) is 0 Å². The summed E-state index contributed by atoms with van der Waals surface area (Å²) in [5, 5.41) is 9.19. The first-order valence-electron chi connectivity index (χ1n) is 6.02. The van der Waals surface area contributed by atoms with Crippen LogP contribution in [-0.4, -0.2) is 17.6 Å². The molecule has 3 nitrogen and oxygen atoms in total. The lowest BCUT2D eigenvalue weighted by atomic mass is 10.2. The number of carboxylic acid groups (broad SMARTS) is 1. The van der Waals surface area contributed by atoms with Crippen molar-refractivity contribution in [3.63, 3.8) is 0 Å². The fraction of sp³-hybridized carbons (Fsp3) is 0.357. The van der Waals surface area contributed by atoms with Crippen molar-refractivity contribution in [2.24, 2.45) is 0 Å². The van der Waals surface area contributed by atoms with Gasteiger partial charge in [0.05, 0.1) is 5.57 Å². The van der Waals surface area contributed by atoms with Crippen LogP contribution in [0.2, 0.25) is 0 Å². The van der Waals surface area contributed by atoms with E-state index in [2.05, 4.69) is 11.8 Å². The quantitative estimate of drug-likeness (QED) is 0.865. The summed E-state index contributed by atoms with van der Waals surface area (Å²) in [6, 6.07) is 9.98. The number of carbonyl (C=O) groups is 1. The maximum absolute atomic E-state index is 11.2. The second-order valence-electron chi connectivity index (χ2n) is 4.16. The molecule has 3 heteroatoms. The molecule has 0 atom stereocenters. The predicted octanol–water partition coefficient (Wildman–Crippen LogP) is 3.04. The van der Waals surface area contributed by atoms with Gasteiger partial charge in [0.1, 0.15) is 0 Å². The lowest BCUT2D eigenvalue weighted by Crippen LogP contribution is -2.23. The van der Waals surface area contributed by atoms with Crippen molar-refractivity contribution < 1.29 is 9.90 Å². The topological polar surface area (TPSA) is 40.5 Å². The molecule has 1 aliphatic carbocycles. The molecule has 0 amide bonds. The Bertz CT molecular complexity index is 437. The number of aliphatic carboxylic acids is 1.